The SMILES string of the molecule is Cc1ncc(Cn2c(=O)[nH]c(Cl)c(C3CCCC3)c2=O)s1. The van der Waals surface area contributed by atoms with E-state index in [9.17, 15) is 9.59 Å². The summed E-state index contributed by atoms with van der Waals surface area (Å²) in [5, 5.41) is 1.12. The Morgan fingerprint density at radius 1 is 1.43 bits per heavy atom. The van der Waals surface area contributed by atoms with Crippen LogP contribution in [0.25, 0.3) is 0 Å². The van der Waals surface area contributed by atoms with E-state index in [-0.39, 0.29) is 23.2 Å². The third kappa shape index (κ3) is 2.82. The molecule has 5 nitrogen and oxygen atoms in total. The van der Waals surface area contributed by atoms with Gasteiger partial charge in [-0.1, -0.05) is 24.4 Å². The molecule has 1 aliphatic carbocycles. The molecule has 7 heteroatoms. The molecule has 21 heavy (non-hydrogen) atoms. The molecular formula is C14H16ClN3O2S. The quantitative estimate of drug-likeness (QED) is 0.882. The molecule has 0 atom stereocenters. The molecule has 0 saturated heterocycles. The van der Waals surface area contributed by atoms with Crippen molar-refractivity contribution in [3.05, 3.63) is 47.6 Å². The van der Waals surface area contributed by atoms with E-state index in [1.165, 1.54) is 15.9 Å². The average molecular weight is 326 g/mol. The highest BCUT2D eigenvalue weighted by molar-refractivity contribution is 7.11. The van der Waals surface area contributed by atoms with E-state index >= 15 is 0 Å². The lowest BCUT2D eigenvalue weighted by atomic mass is 10.0. The van der Waals surface area contributed by atoms with Gasteiger partial charge in [-0.25, -0.2) is 9.78 Å². The first kappa shape index (κ1) is 14.5. The van der Waals surface area contributed by atoms with Gasteiger partial charge >= 0.3 is 5.69 Å². The third-order valence-corrected chi connectivity index (χ3v) is 5.12. The van der Waals surface area contributed by atoms with Crippen LogP contribution in [0, 0.1) is 6.92 Å². The molecule has 1 saturated carbocycles. The maximum atomic E-state index is 12.7. The standard InChI is InChI=1S/C14H16ClN3O2S/c1-8-16-6-10(21-8)7-18-13(19)11(9-4-2-3-5-9)12(15)17-14(18)20/h6,9H,2-5,7H2,1H3,(H,17,20). The lowest BCUT2D eigenvalue weighted by Gasteiger charge is -2.12. The Labute approximate surface area is 130 Å². The molecule has 2 aromatic rings. The number of hydrogen-bond acceptors (Lipinski definition) is 4. The molecule has 0 amide bonds. The minimum absolute atomic E-state index is 0.163. The van der Waals surface area contributed by atoms with E-state index in [0.29, 0.717) is 5.56 Å². The number of aromatic amines is 1. The Morgan fingerprint density at radius 3 is 2.76 bits per heavy atom. The molecule has 1 fully saturated rings. The molecule has 2 aromatic heterocycles. The summed E-state index contributed by atoms with van der Waals surface area (Å²) in [6.07, 6.45) is 5.83. The zero-order valence-corrected chi connectivity index (χ0v) is 13.3. The Hall–Kier alpha value is -1.40. The Balaban J connectivity index is 2.05. The molecule has 0 aliphatic heterocycles. The highest BCUT2D eigenvalue weighted by Crippen LogP contribution is 2.34. The van der Waals surface area contributed by atoms with Gasteiger partial charge in [0.25, 0.3) is 5.56 Å². The molecule has 3 rings (SSSR count). The van der Waals surface area contributed by atoms with Gasteiger partial charge in [-0.05, 0) is 25.7 Å². The monoisotopic (exact) mass is 325 g/mol. The number of H-pyrrole nitrogens is 1. The Kier molecular flexibility index (Phi) is 3.99. The first-order valence-corrected chi connectivity index (χ1v) is 8.19. The zero-order valence-electron chi connectivity index (χ0n) is 11.7. The van der Waals surface area contributed by atoms with Crippen LogP contribution in [-0.2, 0) is 6.54 Å². The summed E-state index contributed by atoms with van der Waals surface area (Å²) in [6.45, 7) is 2.14. The van der Waals surface area contributed by atoms with Crippen LogP contribution in [0.4, 0.5) is 0 Å². The molecule has 0 bridgehead atoms. The molecule has 1 N–H and O–H groups in total. The van der Waals surface area contributed by atoms with Gasteiger partial charge in [0, 0.05) is 11.1 Å². The van der Waals surface area contributed by atoms with Crippen molar-refractivity contribution in [3.63, 3.8) is 0 Å². The molecule has 0 radical (unpaired) electrons. The summed E-state index contributed by atoms with van der Waals surface area (Å²) in [5.74, 6) is 0.163. The highest BCUT2D eigenvalue weighted by Gasteiger charge is 2.25. The maximum absolute atomic E-state index is 12.7. The number of halogens is 1. The Bertz CT molecular complexity index is 771. The molecule has 0 aromatic carbocycles. The fourth-order valence-electron chi connectivity index (χ4n) is 2.91. The first-order chi connectivity index (χ1) is 10.1. The second kappa shape index (κ2) is 5.77. The lowest BCUT2D eigenvalue weighted by Crippen LogP contribution is -2.38. The second-order valence-electron chi connectivity index (χ2n) is 5.38. The smallest absolute Gasteiger partial charge is 0.297 e. The van der Waals surface area contributed by atoms with Crippen molar-refractivity contribution in [2.45, 2.75) is 45.1 Å². The largest absolute Gasteiger partial charge is 0.329 e. The van der Waals surface area contributed by atoms with E-state index < -0.39 is 5.69 Å². The number of nitrogens with one attached hydrogen (secondary N) is 1. The summed E-state index contributed by atoms with van der Waals surface area (Å²) in [7, 11) is 0. The van der Waals surface area contributed by atoms with E-state index in [1.807, 2.05) is 6.92 Å². The van der Waals surface area contributed by atoms with Gasteiger partial charge in [-0.2, -0.15) is 0 Å². The molecule has 0 unspecified atom stereocenters. The van der Waals surface area contributed by atoms with Crippen molar-refractivity contribution >= 4 is 22.9 Å². The van der Waals surface area contributed by atoms with E-state index in [1.54, 1.807) is 6.20 Å². The number of aryl methyl sites for hydroxylation is 1. The van der Waals surface area contributed by atoms with Crippen molar-refractivity contribution in [3.8, 4) is 0 Å². The van der Waals surface area contributed by atoms with Gasteiger partial charge in [0.2, 0.25) is 0 Å². The van der Waals surface area contributed by atoms with Crippen LogP contribution in [0.2, 0.25) is 5.15 Å². The molecule has 2 heterocycles. The number of nitrogens with zero attached hydrogens (tertiary/aromatic N) is 2. The van der Waals surface area contributed by atoms with Crippen molar-refractivity contribution in [1.29, 1.82) is 0 Å². The van der Waals surface area contributed by atoms with Crippen LogP contribution in [-0.4, -0.2) is 14.5 Å². The van der Waals surface area contributed by atoms with Gasteiger partial charge in [0.15, 0.2) is 0 Å². The van der Waals surface area contributed by atoms with Gasteiger partial charge in [-0.3, -0.25) is 14.3 Å². The first-order valence-electron chi connectivity index (χ1n) is 7.00. The summed E-state index contributed by atoms with van der Waals surface area (Å²) >= 11 is 7.60. The van der Waals surface area contributed by atoms with Crippen LogP contribution in [0.15, 0.2) is 15.8 Å². The summed E-state index contributed by atoms with van der Waals surface area (Å²) in [6, 6.07) is 0. The average Bonchev–Trinajstić information content (AvgIpc) is 3.06. The fourth-order valence-corrected chi connectivity index (χ4v) is 4.01. The van der Waals surface area contributed by atoms with Crippen molar-refractivity contribution in [1.82, 2.24) is 14.5 Å². The van der Waals surface area contributed by atoms with E-state index in [4.69, 9.17) is 11.6 Å². The predicted octanol–water partition coefficient (Wildman–Crippen LogP) is 2.66. The highest BCUT2D eigenvalue weighted by atomic mass is 35.5. The second-order valence-corrected chi connectivity index (χ2v) is 7.07. The molecule has 0 spiro atoms. The van der Waals surface area contributed by atoms with Crippen LogP contribution in [0.1, 0.15) is 47.0 Å². The van der Waals surface area contributed by atoms with E-state index in [2.05, 4.69) is 9.97 Å². The summed E-state index contributed by atoms with van der Waals surface area (Å²) < 4.78 is 1.23. The van der Waals surface area contributed by atoms with Crippen LogP contribution >= 0.6 is 22.9 Å². The molecule has 1 aliphatic rings. The minimum Gasteiger partial charge on any atom is -0.297 e. The Morgan fingerprint density at radius 2 is 2.14 bits per heavy atom. The van der Waals surface area contributed by atoms with Gasteiger partial charge < -0.3 is 0 Å². The van der Waals surface area contributed by atoms with Crippen LogP contribution < -0.4 is 11.2 Å². The number of rotatable bonds is 3. The van der Waals surface area contributed by atoms with Crippen molar-refractivity contribution < 1.29 is 0 Å². The minimum atomic E-state index is -0.460. The zero-order chi connectivity index (χ0) is 15.0. The summed E-state index contributed by atoms with van der Waals surface area (Å²) in [5.41, 5.74) is -0.158. The van der Waals surface area contributed by atoms with Crippen LogP contribution in [0.5, 0.6) is 0 Å². The molecule has 112 valence electrons. The van der Waals surface area contributed by atoms with Crippen LogP contribution in [0.3, 0.4) is 0 Å². The summed E-state index contributed by atoms with van der Waals surface area (Å²) in [4.78, 5) is 32.4. The number of thiazole rings is 1. The predicted molar refractivity (Wildman–Crippen MR) is 83.5 cm³/mol. The number of aromatic nitrogens is 3. The van der Waals surface area contributed by atoms with Crippen molar-refractivity contribution in [2.75, 3.05) is 0 Å². The maximum Gasteiger partial charge on any atom is 0.329 e. The third-order valence-electron chi connectivity index (χ3n) is 3.92. The lowest BCUT2D eigenvalue weighted by molar-refractivity contribution is 0.644. The number of hydrogen-bond donors (Lipinski definition) is 1. The van der Waals surface area contributed by atoms with Gasteiger partial charge in [0.1, 0.15) is 5.15 Å². The molecular weight excluding hydrogens is 310 g/mol. The fraction of sp³-hybridized carbons (Fsp3) is 0.500. The van der Waals surface area contributed by atoms with Crippen molar-refractivity contribution in [2.24, 2.45) is 0 Å². The topological polar surface area (TPSA) is 67.8 Å². The van der Waals surface area contributed by atoms with Gasteiger partial charge in [-0.15, -0.1) is 11.3 Å². The normalized spacial score (nSPS) is 15.7. The van der Waals surface area contributed by atoms with Gasteiger partial charge in [0.05, 0.1) is 17.1 Å². The van der Waals surface area contributed by atoms with E-state index in [0.717, 1.165) is 35.6 Å².